The van der Waals surface area contributed by atoms with Crippen LogP contribution in [0.3, 0.4) is 0 Å². The number of carbonyl (C=O) groups excluding carboxylic acids is 1. The van der Waals surface area contributed by atoms with E-state index in [0.29, 0.717) is 12.5 Å². The lowest BCUT2D eigenvalue weighted by Crippen LogP contribution is -2.24. The SMILES string of the molecule is Cc1ccc(SCc2ccc(C(=O)NCCCc3ccc(C(C)C)cc3)cc2)cc1. The minimum absolute atomic E-state index is 0.00268. The van der Waals surface area contributed by atoms with E-state index in [9.17, 15) is 4.79 Å². The molecule has 3 aromatic carbocycles. The minimum atomic E-state index is 0.00268. The fourth-order valence-corrected chi connectivity index (χ4v) is 4.07. The van der Waals surface area contributed by atoms with Gasteiger partial charge in [0, 0.05) is 22.8 Å². The highest BCUT2D eigenvalue weighted by atomic mass is 32.2. The predicted molar refractivity (Wildman–Crippen MR) is 128 cm³/mol. The van der Waals surface area contributed by atoms with Crippen molar-refractivity contribution < 1.29 is 4.79 Å². The largest absolute Gasteiger partial charge is 0.352 e. The van der Waals surface area contributed by atoms with Gasteiger partial charge < -0.3 is 5.32 Å². The summed E-state index contributed by atoms with van der Waals surface area (Å²) >= 11 is 1.81. The minimum Gasteiger partial charge on any atom is -0.352 e. The second-order valence-corrected chi connectivity index (χ2v) is 9.10. The summed E-state index contributed by atoms with van der Waals surface area (Å²) in [4.78, 5) is 13.6. The lowest BCUT2D eigenvalue weighted by atomic mass is 10.0. The van der Waals surface area contributed by atoms with Crippen LogP contribution < -0.4 is 5.32 Å². The molecule has 30 heavy (non-hydrogen) atoms. The van der Waals surface area contributed by atoms with Crippen LogP contribution in [0.25, 0.3) is 0 Å². The first kappa shape index (κ1) is 22.2. The molecule has 0 unspecified atom stereocenters. The molecule has 0 aromatic heterocycles. The molecule has 1 amide bonds. The predicted octanol–water partition coefficient (Wildman–Crippen LogP) is 6.77. The van der Waals surface area contributed by atoms with Gasteiger partial charge in [-0.25, -0.2) is 0 Å². The highest BCUT2D eigenvalue weighted by Crippen LogP contribution is 2.23. The van der Waals surface area contributed by atoms with Crippen molar-refractivity contribution in [2.75, 3.05) is 6.54 Å². The van der Waals surface area contributed by atoms with Gasteiger partial charge in [0.25, 0.3) is 5.91 Å². The maximum Gasteiger partial charge on any atom is 0.251 e. The van der Waals surface area contributed by atoms with Crippen LogP contribution >= 0.6 is 11.8 Å². The van der Waals surface area contributed by atoms with Crippen LogP contribution in [0, 0.1) is 6.92 Å². The zero-order chi connectivity index (χ0) is 21.3. The van der Waals surface area contributed by atoms with Crippen molar-refractivity contribution in [2.45, 2.75) is 50.2 Å². The highest BCUT2D eigenvalue weighted by molar-refractivity contribution is 7.98. The van der Waals surface area contributed by atoms with E-state index in [2.05, 4.69) is 74.6 Å². The number of nitrogens with one attached hydrogen (secondary N) is 1. The van der Waals surface area contributed by atoms with Crippen molar-refractivity contribution in [3.63, 3.8) is 0 Å². The number of hydrogen-bond acceptors (Lipinski definition) is 2. The molecule has 0 radical (unpaired) electrons. The van der Waals surface area contributed by atoms with Crippen molar-refractivity contribution in [1.82, 2.24) is 5.32 Å². The number of thioether (sulfide) groups is 1. The van der Waals surface area contributed by atoms with Gasteiger partial charge in [-0.2, -0.15) is 0 Å². The fraction of sp³-hybridized carbons (Fsp3) is 0.296. The molecule has 156 valence electrons. The molecule has 0 heterocycles. The normalized spacial score (nSPS) is 10.9. The van der Waals surface area contributed by atoms with Crippen LogP contribution in [0.4, 0.5) is 0 Å². The van der Waals surface area contributed by atoms with Gasteiger partial charge in [0.15, 0.2) is 0 Å². The first-order chi connectivity index (χ1) is 14.5. The van der Waals surface area contributed by atoms with E-state index in [1.165, 1.54) is 27.1 Å². The van der Waals surface area contributed by atoms with Crippen molar-refractivity contribution in [3.05, 3.63) is 101 Å². The zero-order valence-electron chi connectivity index (χ0n) is 18.2. The third kappa shape index (κ3) is 6.77. The first-order valence-corrected chi connectivity index (χ1v) is 11.7. The summed E-state index contributed by atoms with van der Waals surface area (Å²) < 4.78 is 0. The Balaban J connectivity index is 1.40. The Bertz CT molecular complexity index is 928. The van der Waals surface area contributed by atoms with E-state index in [1.54, 1.807) is 0 Å². The molecule has 0 saturated carbocycles. The Hall–Kier alpha value is -2.52. The molecule has 3 rings (SSSR count). The average molecular weight is 418 g/mol. The van der Waals surface area contributed by atoms with Crippen molar-refractivity contribution >= 4 is 17.7 Å². The number of aryl methyl sites for hydroxylation is 2. The molecule has 0 aliphatic carbocycles. The number of hydrogen-bond donors (Lipinski definition) is 1. The second-order valence-electron chi connectivity index (χ2n) is 8.05. The lowest BCUT2D eigenvalue weighted by Gasteiger charge is -2.08. The molecule has 0 atom stereocenters. The van der Waals surface area contributed by atoms with E-state index in [0.717, 1.165) is 24.2 Å². The Morgan fingerprint density at radius 2 is 1.50 bits per heavy atom. The van der Waals surface area contributed by atoms with Crippen LogP contribution in [0.15, 0.2) is 77.7 Å². The third-order valence-corrected chi connectivity index (χ3v) is 6.30. The summed E-state index contributed by atoms with van der Waals surface area (Å²) in [5, 5.41) is 3.04. The monoisotopic (exact) mass is 417 g/mol. The number of amides is 1. The fourth-order valence-electron chi connectivity index (χ4n) is 3.22. The lowest BCUT2D eigenvalue weighted by molar-refractivity contribution is 0.0953. The van der Waals surface area contributed by atoms with Gasteiger partial charge in [-0.05, 0) is 66.6 Å². The molecule has 0 bridgehead atoms. The highest BCUT2D eigenvalue weighted by Gasteiger charge is 2.05. The van der Waals surface area contributed by atoms with Crippen molar-refractivity contribution in [1.29, 1.82) is 0 Å². The maximum absolute atomic E-state index is 12.4. The molecule has 1 N–H and O–H groups in total. The van der Waals surface area contributed by atoms with Gasteiger partial charge in [0.1, 0.15) is 0 Å². The zero-order valence-corrected chi connectivity index (χ0v) is 19.0. The van der Waals surface area contributed by atoms with Crippen LogP contribution in [0.5, 0.6) is 0 Å². The summed E-state index contributed by atoms with van der Waals surface area (Å²) in [6, 6.07) is 25.3. The van der Waals surface area contributed by atoms with Crippen LogP contribution in [0.2, 0.25) is 0 Å². The molecule has 0 spiro atoms. The van der Waals surface area contributed by atoms with Crippen LogP contribution in [-0.2, 0) is 12.2 Å². The molecule has 0 aliphatic rings. The van der Waals surface area contributed by atoms with Gasteiger partial charge in [-0.15, -0.1) is 11.8 Å². The second kappa shape index (κ2) is 11.0. The summed E-state index contributed by atoms with van der Waals surface area (Å²) in [6.45, 7) is 7.21. The molecule has 0 saturated heterocycles. The summed E-state index contributed by atoms with van der Waals surface area (Å²) in [5.74, 6) is 1.47. The molecule has 2 nitrogen and oxygen atoms in total. The molecular formula is C27H31NOS. The molecule has 0 fully saturated rings. The smallest absolute Gasteiger partial charge is 0.251 e. The quantitative estimate of drug-likeness (QED) is 0.307. The van der Waals surface area contributed by atoms with Crippen LogP contribution in [0.1, 0.15) is 58.8 Å². The Labute approximate surface area is 185 Å². The van der Waals surface area contributed by atoms with E-state index < -0.39 is 0 Å². The van der Waals surface area contributed by atoms with E-state index in [4.69, 9.17) is 0 Å². The summed E-state index contributed by atoms with van der Waals surface area (Å²) in [6.07, 6.45) is 1.92. The van der Waals surface area contributed by atoms with Gasteiger partial charge in [0.2, 0.25) is 0 Å². The summed E-state index contributed by atoms with van der Waals surface area (Å²) in [5.41, 5.74) is 5.91. The van der Waals surface area contributed by atoms with Gasteiger partial charge in [0.05, 0.1) is 0 Å². The van der Waals surface area contributed by atoms with Crippen molar-refractivity contribution in [2.24, 2.45) is 0 Å². The van der Waals surface area contributed by atoms with Gasteiger partial charge >= 0.3 is 0 Å². The number of benzene rings is 3. The van der Waals surface area contributed by atoms with Gasteiger partial charge in [-0.1, -0.05) is 67.9 Å². The number of rotatable bonds is 9. The molecule has 3 aromatic rings. The Morgan fingerprint density at radius 3 is 2.13 bits per heavy atom. The standard InChI is InChI=1S/C27H31NOS/c1-20(2)24-12-8-22(9-13-24)5-4-18-28-27(29)25-14-10-23(11-15-25)19-30-26-16-6-21(3)7-17-26/h6-17,20H,4-5,18-19H2,1-3H3,(H,28,29). The van der Waals surface area contributed by atoms with Crippen molar-refractivity contribution in [3.8, 4) is 0 Å². The van der Waals surface area contributed by atoms with Gasteiger partial charge in [-0.3, -0.25) is 4.79 Å². The molecule has 3 heteroatoms. The van der Waals surface area contributed by atoms with E-state index >= 15 is 0 Å². The maximum atomic E-state index is 12.4. The van der Waals surface area contributed by atoms with Crippen LogP contribution in [-0.4, -0.2) is 12.5 Å². The van der Waals surface area contributed by atoms with E-state index in [1.807, 2.05) is 36.0 Å². The first-order valence-electron chi connectivity index (χ1n) is 10.7. The topological polar surface area (TPSA) is 29.1 Å². The number of carbonyl (C=O) groups is 1. The molecule has 0 aliphatic heterocycles. The summed E-state index contributed by atoms with van der Waals surface area (Å²) in [7, 11) is 0. The Morgan fingerprint density at radius 1 is 0.867 bits per heavy atom. The average Bonchev–Trinajstić information content (AvgIpc) is 2.77. The third-order valence-electron chi connectivity index (χ3n) is 5.22. The molecular weight excluding hydrogens is 386 g/mol. The Kier molecular flexibility index (Phi) is 8.15. The van der Waals surface area contributed by atoms with E-state index in [-0.39, 0.29) is 5.91 Å².